The van der Waals surface area contributed by atoms with Crippen molar-refractivity contribution in [1.82, 2.24) is 14.8 Å². The zero-order valence-electron chi connectivity index (χ0n) is 13.1. The van der Waals surface area contributed by atoms with Gasteiger partial charge >= 0.3 is 0 Å². The monoisotopic (exact) mass is 287 g/mol. The Kier molecular flexibility index (Phi) is 4.26. The van der Waals surface area contributed by atoms with Crippen molar-refractivity contribution in [2.24, 2.45) is 0 Å². The van der Waals surface area contributed by atoms with E-state index in [-0.39, 0.29) is 11.9 Å². The first kappa shape index (κ1) is 15.0. The largest absolute Gasteiger partial charge is 0.361 e. The van der Waals surface area contributed by atoms with Crippen LogP contribution in [0, 0.1) is 0 Å². The summed E-state index contributed by atoms with van der Waals surface area (Å²) in [6, 6.07) is 5.58. The molecule has 0 atom stereocenters. The first-order valence-electron chi connectivity index (χ1n) is 6.87. The molecule has 0 saturated heterocycles. The second kappa shape index (κ2) is 5.95. The van der Waals surface area contributed by atoms with Gasteiger partial charge in [0.05, 0.1) is 5.69 Å². The van der Waals surface area contributed by atoms with E-state index >= 15 is 0 Å². The molecule has 0 aliphatic rings. The quantitative estimate of drug-likeness (QED) is 0.865. The van der Waals surface area contributed by atoms with Gasteiger partial charge in [0.25, 0.3) is 5.91 Å². The van der Waals surface area contributed by atoms with Crippen LogP contribution in [0.15, 0.2) is 30.6 Å². The van der Waals surface area contributed by atoms with Crippen LogP contribution in [0.3, 0.4) is 0 Å². The van der Waals surface area contributed by atoms with Crippen molar-refractivity contribution in [3.8, 4) is 0 Å². The molecule has 0 N–H and O–H groups in total. The molecule has 0 aliphatic carbocycles. The number of pyridine rings is 1. The molecular weight excluding hydrogens is 266 g/mol. The Morgan fingerprint density at radius 2 is 1.90 bits per heavy atom. The summed E-state index contributed by atoms with van der Waals surface area (Å²) in [5.41, 5.74) is 1.34. The van der Waals surface area contributed by atoms with Gasteiger partial charge in [0.1, 0.15) is 5.69 Å². The van der Waals surface area contributed by atoms with Crippen LogP contribution in [0.2, 0.25) is 0 Å². The molecule has 2 rings (SSSR count). The lowest BCUT2D eigenvalue weighted by atomic mass is 10.3. The van der Waals surface area contributed by atoms with Crippen molar-refractivity contribution < 1.29 is 4.79 Å². The highest BCUT2D eigenvalue weighted by atomic mass is 16.2. The van der Waals surface area contributed by atoms with E-state index in [0.717, 1.165) is 11.5 Å². The van der Waals surface area contributed by atoms with E-state index in [1.165, 1.54) is 0 Å². The summed E-state index contributed by atoms with van der Waals surface area (Å²) in [5, 5.41) is 4.21. The van der Waals surface area contributed by atoms with E-state index in [1.807, 2.05) is 45.0 Å². The molecule has 2 aromatic heterocycles. The zero-order valence-corrected chi connectivity index (χ0v) is 13.1. The predicted octanol–water partition coefficient (Wildman–Crippen LogP) is 2.20. The van der Waals surface area contributed by atoms with Crippen LogP contribution in [0.1, 0.15) is 30.4 Å². The van der Waals surface area contributed by atoms with Gasteiger partial charge in [-0.3, -0.25) is 9.48 Å². The second-order valence-corrected chi connectivity index (χ2v) is 5.36. The van der Waals surface area contributed by atoms with Crippen LogP contribution in [-0.2, 0) is 0 Å². The molecule has 0 fully saturated rings. The van der Waals surface area contributed by atoms with Gasteiger partial charge in [0, 0.05) is 39.6 Å². The van der Waals surface area contributed by atoms with Gasteiger partial charge in [-0.15, -0.1) is 0 Å². The fraction of sp³-hybridized carbons (Fsp3) is 0.400. The summed E-state index contributed by atoms with van der Waals surface area (Å²) in [6.45, 7) is 4.00. The third-order valence-electron chi connectivity index (χ3n) is 3.23. The maximum Gasteiger partial charge on any atom is 0.276 e. The third kappa shape index (κ3) is 2.89. The number of rotatable bonds is 4. The molecule has 0 unspecified atom stereocenters. The van der Waals surface area contributed by atoms with Crippen LogP contribution in [0.25, 0.3) is 0 Å². The maximum absolute atomic E-state index is 12.7. The molecule has 2 aromatic rings. The average Bonchev–Trinajstić information content (AvgIpc) is 2.95. The lowest BCUT2D eigenvalue weighted by molar-refractivity contribution is 0.0981. The number of hydrogen-bond acceptors (Lipinski definition) is 4. The average molecular weight is 287 g/mol. The van der Waals surface area contributed by atoms with E-state index in [1.54, 1.807) is 35.1 Å². The Morgan fingerprint density at radius 1 is 1.19 bits per heavy atom. The predicted molar refractivity (Wildman–Crippen MR) is 83.9 cm³/mol. The van der Waals surface area contributed by atoms with Gasteiger partial charge in [-0.05, 0) is 32.0 Å². The van der Waals surface area contributed by atoms with Crippen molar-refractivity contribution in [3.05, 3.63) is 36.3 Å². The van der Waals surface area contributed by atoms with Gasteiger partial charge in [-0.25, -0.2) is 4.98 Å². The summed E-state index contributed by atoms with van der Waals surface area (Å²) < 4.78 is 1.73. The highest BCUT2D eigenvalue weighted by molar-refractivity contribution is 6.06. The highest BCUT2D eigenvalue weighted by Gasteiger charge is 2.21. The fourth-order valence-corrected chi connectivity index (χ4v) is 2.17. The van der Waals surface area contributed by atoms with E-state index in [0.29, 0.717) is 5.69 Å². The molecule has 6 heteroatoms. The molecule has 21 heavy (non-hydrogen) atoms. The van der Waals surface area contributed by atoms with Crippen LogP contribution < -0.4 is 9.80 Å². The zero-order chi connectivity index (χ0) is 15.6. The minimum atomic E-state index is -0.0997. The van der Waals surface area contributed by atoms with E-state index in [9.17, 15) is 4.79 Å². The Balaban J connectivity index is 2.38. The lowest BCUT2D eigenvalue weighted by Crippen LogP contribution is -2.30. The molecule has 1 amide bonds. The number of carbonyl (C=O) groups excluding carboxylic acids is 1. The van der Waals surface area contributed by atoms with E-state index in [2.05, 4.69) is 10.1 Å². The Hall–Kier alpha value is -2.37. The summed E-state index contributed by atoms with van der Waals surface area (Å²) in [5.74, 6) is 0.654. The highest BCUT2D eigenvalue weighted by Crippen LogP contribution is 2.25. The van der Waals surface area contributed by atoms with Gasteiger partial charge < -0.3 is 9.80 Å². The van der Waals surface area contributed by atoms with Gasteiger partial charge in [0.15, 0.2) is 5.82 Å². The van der Waals surface area contributed by atoms with Gasteiger partial charge in [-0.1, -0.05) is 0 Å². The Labute approximate surface area is 125 Å². The molecule has 0 radical (unpaired) electrons. The molecule has 0 aromatic carbocycles. The molecular formula is C15H21N5O. The van der Waals surface area contributed by atoms with Crippen LogP contribution in [-0.4, -0.2) is 41.8 Å². The van der Waals surface area contributed by atoms with Crippen LogP contribution in [0.4, 0.5) is 11.5 Å². The fourth-order valence-electron chi connectivity index (χ4n) is 2.17. The number of nitrogens with zero attached hydrogens (tertiary/aromatic N) is 5. The standard InChI is InChI=1S/C15H21N5O/c1-11(2)20-13(8-10-17-20)15(21)19(5)12-7-6-9-16-14(12)18(3)4/h6-11H,1-5H3. The van der Waals surface area contributed by atoms with E-state index < -0.39 is 0 Å². The third-order valence-corrected chi connectivity index (χ3v) is 3.23. The van der Waals surface area contributed by atoms with E-state index in [4.69, 9.17) is 0 Å². The minimum absolute atomic E-state index is 0.0997. The normalized spacial score (nSPS) is 10.8. The SMILES string of the molecule is CC(C)n1nccc1C(=O)N(C)c1cccnc1N(C)C. The summed E-state index contributed by atoms with van der Waals surface area (Å²) in [7, 11) is 5.56. The second-order valence-electron chi connectivity index (χ2n) is 5.36. The smallest absolute Gasteiger partial charge is 0.276 e. The maximum atomic E-state index is 12.7. The molecule has 2 heterocycles. The van der Waals surface area contributed by atoms with Crippen molar-refractivity contribution in [2.45, 2.75) is 19.9 Å². The molecule has 0 saturated carbocycles. The van der Waals surface area contributed by atoms with Gasteiger partial charge in [-0.2, -0.15) is 5.10 Å². The molecule has 0 aliphatic heterocycles. The van der Waals surface area contributed by atoms with Crippen molar-refractivity contribution >= 4 is 17.4 Å². The Bertz CT molecular complexity index is 632. The first-order chi connectivity index (χ1) is 9.93. The van der Waals surface area contributed by atoms with Crippen LogP contribution >= 0.6 is 0 Å². The molecule has 0 bridgehead atoms. The molecule has 0 spiro atoms. The summed E-state index contributed by atoms with van der Waals surface area (Å²) >= 11 is 0. The Morgan fingerprint density at radius 3 is 2.52 bits per heavy atom. The number of carbonyl (C=O) groups is 1. The number of aromatic nitrogens is 3. The number of anilines is 2. The summed E-state index contributed by atoms with van der Waals surface area (Å²) in [4.78, 5) is 20.6. The minimum Gasteiger partial charge on any atom is -0.361 e. The molecule has 112 valence electrons. The molecule has 6 nitrogen and oxygen atoms in total. The topological polar surface area (TPSA) is 54.3 Å². The van der Waals surface area contributed by atoms with Crippen molar-refractivity contribution in [2.75, 3.05) is 30.9 Å². The van der Waals surface area contributed by atoms with Gasteiger partial charge in [0.2, 0.25) is 0 Å². The van der Waals surface area contributed by atoms with Crippen LogP contribution in [0.5, 0.6) is 0 Å². The summed E-state index contributed by atoms with van der Waals surface area (Å²) in [6.07, 6.45) is 3.37. The number of hydrogen-bond donors (Lipinski definition) is 0. The van der Waals surface area contributed by atoms with Crippen molar-refractivity contribution in [1.29, 1.82) is 0 Å². The number of amides is 1. The van der Waals surface area contributed by atoms with Crippen molar-refractivity contribution in [3.63, 3.8) is 0 Å². The lowest BCUT2D eigenvalue weighted by Gasteiger charge is -2.23. The first-order valence-corrected chi connectivity index (χ1v) is 6.87.